The zero-order chi connectivity index (χ0) is 52.7. The second-order valence-corrected chi connectivity index (χ2v) is 23.2. The molecule has 0 aromatic carbocycles. The van der Waals surface area contributed by atoms with Gasteiger partial charge in [-0.1, -0.05) is 242 Å². The summed E-state index contributed by atoms with van der Waals surface area (Å²) in [4.78, 5) is 35.7. The summed E-state index contributed by atoms with van der Waals surface area (Å²) in [6, 6.07) is 0. The Labute approximate surface area is 445 Å². The van der Waals surface area contributed by atoms with Crippen molar-refractivity contribution in [2.24, 2.45) is 0 Å². The van der Waals surface area contributed by atoms with E-state index in [1.807, 2.05) is 21.1 Å². The Morgan fingerprint density at radius 2 is 0.750 bits per heavy atom. The molecule has 0 aliphatic carbocycles. The lowest BCUT2D eigenvalue weighted by molar-refractivity contribution is -0.870. The van der Waals surface area contributed by atoms with E-state index < -0.39 is 26.5 Å². The van der Waals surface area contributed by atoms with Crippen LogP contribution in [0.15, 0.2) is 48.6 Å². The van der Waals surface area contributed by atoms with Gasteiger partial charge in [-0.25, -0.2) is 4.57 Å². The van der Waals surface area contributed by atoms with Gasteiger partial charge < -0.3 is 18.9 Å². The minimum absolute atomic E-state index is 0.0310. The van der Waals surface area contributed by atoms with E-state index in [0.717, 1.165) is 51.4 Å². The molecule has 0 bridgehead atoms. The number of likely N-dealkylation sites (N-methyl/N-ethyl adjacent to an activating group) is 1. The van der Waals surface area contributed by atoms with Crippen molar-refractivity contribution in [1.29, 1.82) is 0 Å². The van der Waals surface area contributed by atoms with Crippen LogP contribution < -0.4 is 0 Å². The number of esters is 2. The SMILES string of the molecule is CCCCCCC/C=C\C/C=C\C/C=C\CCCCCCCCCCCCCCC(=O)OC(COC(=O)CCCCCCCCCCC/C=C\CCCCCCCCCC)COP(=O)(O)OCC[N+](C)(C)C. The number of nitrogens with zero attached hydrogens (tertiary/aromatic N) is 1. The highest BCUT2D eigenvalue weighted by molar-refractivity contribution is 7.47. The number of ether oxygens (including phenoxy) is 2. The number of allylic oxidation sites excluding steroid dienone is 8. The van der Waals surface area contributed by atoms with E-state index in [9.17, 15) is 19.0 Å². The lowest BCUT2D eigenvalue weighted by atomic mass is 10.0. The predicted molar refractivity (Wildman–Crippen MR) is 307 cm³/mol. The van der Waals surface area contributed by atoms with Crippen LogP contribution >= 0.6 is 7.82 Å². The Balaban J connectivity index is 4.14. The monoisotopic (exact) mass is 1030 g/mol. The van der Waals surface area contributed by atoms with Crippen LogP contribution in [0.5, 0.6) is 0 Å². The van der Waals surface area contributed by atoms with Crippen molar-refractivity contribution in [2.45, 2.75) is 290 Å². The van der Waals surface area contributed by atoms with Gasteiger partial charge in [0.1, 0.15) is 19.8 Å². The number of carbonyl (C=O) groups is 2. The average molecular weight is 1040 g/mol. The number of phosphoric ester groups is 1. The van der Waals surface area contributed by atoms with Crippen LogP contribution in [0, 0.1) is 0 Å². The molecule has 0 aromatic heterocycles. The Morgan fingerprint density at radius 3 is 1.12 bits per heavy atom. The summed E-state index contributed by atoms with van der Waals surface area (Å²) >= 11 is 0. The molecule has 422 valence electrons. The number of quaternary nitrogens is 1. The van der Waals surface area contributed by atoms with Gasteiger partial charge in [0.25, 0.3) is 0 Å². The zero-order valence-corrected chi connectivity index (χ0v) is 48.8. The molecule has 9 nitrogen and oxygen atoms in total. The van der Waals surface area contributed by atoms with Crippen LogP contribution in [0.25, 0.3) is 0 Å². The third kappa shape index (κ3) is 57.3. The molecule has 0 aliphatic rings. The molecule has 10 heteroatoms. The molecule has 2 atom stereocenters. The smallest absolute Gasteiger partial charge is 0.462 e. The molecule has 0 saturated carbocycles. The summed E-state index contributed by atoms with van der Waals surface area (Å²) in [6.07, 6.45) is 67.5. The van der Waals surface area contributed by atoms with E-state index in [1.54, 1.807) is 0 Å². The average Bonchev–Trinajstić information content (AvgIpc) is 3.34. The van der Waals surface area contributed by atoms with Crippen molar-refractivity contribution in [3.63, 3.8) is 0 Å². The lowest BCUT2D eigenvalue weighted by Gasteiger charge is -2.24. The molecule has 0 radical (unpaired) electrons. The molecule has 0 amide bonds. The predicted octanol–water partition coefficient (Wildman–Crippen LogP) is 18.9. The molecule has 0 heterocycles. The number of phosphoric acid groups is 1. The first-order valence-electron chi connectivity index (χ1n) is 30.4. The quantitative estimate of drug-likeness (QED) is 0.0211. The maximum Gasteiger partial charge on any atom is 0.472 e. The topological polar surface area (TPSA) is 108 Å². The van der Waals surface area contributed by atoms with Crippen molar-refractivity contribution in [3.05, 3.63) is 48.6 Å². The van der Waals surface area contributed by atoms with Crippen LogP contribution in [0.2, 0.25) is 0 Å². The molecule has 0 fully saturated rings. The van der Waals surface area contributed by atoms with Crippen LogP contribution in [0.1, 0.15) is 284 Å². The van der Waals surface area contributed by atoms with Crippen molar-refractivity contribution < 1.29 is 42.1 Å². The van der Waals surface area contributed by atoms with Crippen LogP contribution in [-0.4, -0.2) is 74.9 Å². The van der Waals surface area contributed by atoms with Crippen LogP contribution in [0.4, 0.5) is 0 Å². The fraction of sp³-hybridized carbons (Fsp3) is 0.839. The standard InChI is InChI=1S/C62H116NO8P/c1-6-8-10-12-14-16-18-20-22-24-26-28-29-30-31-32-33-35-37-39-41-43-45-47-49-51-53-55-62(65)71-60(59-70-72(66,67)69-57-56-63(3,4)5)58-68-61(64)54-52-50-48-46-44-42-40-38-36-34-27-25-23-21-19-17-15-13-11-9-7-2/h18,20,24-27,29-30,60H,6-17,19,21-23,28,31-59H2,1-5H3/p+1/b20-18-,26-24-,27-25-,30-29-. The molecule has 2 unspecified atom stereocenters. The maximum absolute atomic E-state index is 12.8. The highest BCUT2D eigenvalue weighted by Gasteiger charge is 2.27. The third-order valence-corrected chi connectivity index (χ3v) is 14.3. The summed E-state index contributed by atoms with van der Waals surface area (Å²) in [6.45, 7) is 4.45. The maximum atomic E-state index is 12.8. The van der Waals surface area contributed by atoms with Gasteiger partial charge >= 0.3 is 19.8 Å². The lowest BCUT2D eigenvalue weighted by Crippen LogP contribution is -2.37. The number of unbranched alkanes of at least 4 members (excludes halogenated alkanes) is 34. The molecular formula is C62H117NO8P+. The van der Waals surface area contributed by atoms with Crippen molar-refractivity contribution in [3.8, 4) is 0 Å². The largest absolute Gasteiger partial charge is 0.472 e. The molecule has 0 rings (SSSR count). The normalized spacial score (nSPS) is 13.6. The number of rotatable bonds is 56. The Morgan fingerprint density at radius 1 is 0.431 bits per heavy atom. The van der Waals surface area contributed by atoms with E-state index in [0.29, 0.717) is 17.4 Å². The third-order valence-electron chi connectivity index (χ3n) is 13.3. The van der Waals surface area contributed by atoms with Crippen molar-refractivity contribution >= 4 is 19.8 Å². The Hall–Kier alpha value is -2.03. The summed E-state index contributed by atoms with van der Waals surface area (Å²) in [5.74, 6) is -0.792. The number of hydrogen-bond acceptors (Lipinski definition) is 7. The highest BCUT2D eigenvalue weighted by Crippen LogP contribution is 2.43. The first-order valence-corrected chi connectivity index (χ1v) is 31.9. The van der Waals surface area contributed by atoms with Crippen molar-refractivity contribution in [1.82, 2.24) is 0 Å². The molecule has 1 N–H and O–H groups in total. The molecule has 0 aliphatic heterocycles. The van der Waals surface area contributed by atoms with E-state index in [4.69, 9.17) is 18.5 Å². The molecule has 0 saturated heterocycles. The van der Waals surface area contributed by atoms with E-state index in [-0.39, 0.29) is 32.0 Å². The molecular weight excluding hydrogens is 918 g/mol. The minimum atomic E-state index is -4.39. The van der Waals surface area contributed by atoms with Crippen molar-refractivity contribution in [2.75, 3.05) is 47.5 Å². The summed E-state index contributed by atoms with van der Waals surface area (Å²) in [5, 5.41) is 0. The number of carbonyl (C=O) groups excluding carboxylic acids is 2. The van der Waals surface area contributed by atoms with Gasteiger partial charge in [0.2, 0.25) is 0 Å². The van der Waals surface area contributed by atoms with Gasteiger partial charge in [0.15, 0.2) is 6.10 Å². The fourth-order valence-corrected chi connectivity index (χ4v) is 9.35. The van der Waals surface area contributed by atoms with E-state index in [1.165, 1.54) is 199 Å². The molecule has 0 aromatic rings. The first-order chi connectivity index (χ1) is 35.0. The van der Waals surface area contributed by atoms with Gasteiger partial charge in [-0.2, -0.15) is 0 Å². The second kappa shape index (κ2) is 53.8. The molecule has 72 heavy (non-hydrogen) atoms. The summed E-state index contributed by atoms with van der Waals surface area (Å²) < 4.78 is 34.6. The highest BCUT2D eigenvalue weighted by atomic mass is 31.2. The second-order valence-electron chi connectivity index (χ2n) is 21.7. The van der Waals surface area contributed by atoms with Gasteiger partial charge in [-0.3, -0.25) is 18.6 Å². The fourth-order valence-electron chi connectivity index (χ4n) is 8.61. The van der Waals surface area contributed by atoms with Crippen LogP contribution in [-0.2, 0) is 32.7 Å². The zero-order valence-electron chi connectivity index (χ0n) is 47.9. The Bertz CT molecular complexity index is 1360. The molecule has 0 spiro atoms. The number of hydrogen-bond donors (Lipinski definition) is 1. The van der Waals surface area contributed by atoms with Crippen LogP contribution in [0.3, 0.4) is 0 Å². The van der Waals surface area contributed by atoms with E-state index in [2.05, 4.69) is 62.5 Å². The van der Waals surface area contributed by atoms with Gasteiger partial charge in [-0.15, -0.1) is 0 Å². The first kappa shape index (κ1) is 70.0. The summed E-state index contributed by atoms with van der Waals surface area (Å²) in [7, 11) is 1.48. The minimum Gasteiger partial charge on any atom is -0.462 e. The van der Waals surface area contributed by atoms with Gasteiger partial charge in [-0.05, 0) is 77.0 Å². The van der Waals surface area contributed by atoms with Gasteiger partial charge in [0, 0.05) is 12.8 Å². The summed E-state index contributed by atoms with van der Waals surface area (Å²) in [5.41, 5.74) is 0. The Kier molecular flexibility index (Phi) is 52.3. The van der Waals surface area contributed by atoms with E-state index >= 15 is 0 Å². The van der Waals surface area contributed by atoms with Gasteiger partial charge in [0.05, 0.1) is 27.7 Å².